The Morgan fingerprint density at radius 1 is 0.973 bits per heavy atom. The maximum Gasteiger partial charge on any atom is 0.416 e. The van der Waals surface area contributed by atoms with E-state index in [0.717, 1.165) is 24.1 Å². The molecule has 0 saturated heterocycles. The number of carbonyl (C=O) groups is 1. The highest BCUT2D eigenvalue weighted by molar-refractivity contribution is 5.84. The second-order valence-corrected chi connectivity index (χ2v) is 9.03. The van der Waals surface area contributed by atoms with Crippen molar-refractivity contribution in [1.82, 2.24) is 14.6 Å². The minimum Gasteiger partial charge on any atom is -0.465 e. The Morgan fingerprint density at radius 3 is 2.35 bits per heavy atom. The summed E-state index contributed by atoms with van der Waals surface area (Å²) in [5.41, 5.74) is 1.22. The minimum atomic E-state index is -4.42. The van der Waals surface area contributed by atoms with Gasteiger partial charge in [-0.3, -0.25) is 4.79 Å². The van der Waals surface area contributed by atoms with E-state index in [9.17, 15) is 18.0 Å². The van der Waals surface area contributed by atoms with Crippen LogP contribution < -0.4 is 0 Å². The van der Waals surface area contributed by atoms with E-state index in [0.29, 0.717) is 41.9 Å². The third-order valence-corrected chi connectivity index (χ3v) is 6.32. The highest BCUT2D eigenvalue weighted by Gasteiger charge is 2.40. The largest absolute Gasteiger partial charge is 0.465 e. The van der Waals surface area contributed by atoms with Crippen molar-refractivity contribution >= 4 is 11.6 Å². The molecule has 1 atom stereocenters. The van der Waals surface area contributed by atoms with Gasteiger partial charge in [-0.15, -0.1) is 0 Å². The van der Waals surface area contributed by atoms with Crippen molar-refractivity contribution in [2.75, 3.05) is 20.3 Å². The summed E-state index contributed by atoms with van der Waals surface area (Å²) < 4.78 is 51.4. The Bertz CT molecular complexity index is 1340. The first kappa shape index (κ1) is 26.3. The van der Waals surface area contributed by atoms with Crippen molar-refractivity contribution in [3.8, 4) is 11.1 Å². The van der Waals surface area contributed by atoms with Crippen LogP contribution in [0.3, 0.4) is 0 Å². The van der Waals surface area contributed by atoms with Crippen LogP contribution in [-0.4, -0.2) is 40.9 Å². The SMILES string of the molecule is COCCCCOC(=O)C(C)(Cc1ccccc1)c1ccnc2c(-c3ccc(C(F)(F)F)cc3)cnn12. The molecule has 6 nitrogen and oxygen atoms in total. The van der Waals surface area contributed by atoms with Crippen LogP contribution in [0.5, 0.6) is 0 Å². The Hall–Kier alpha value is -3.72. The Kier molecular flexibility index (Phi) is 7.92. The number of fused-ring (bicyclic) bond motifs is 1. The van der Waals surface area contributed by atoms with Crippen molar-refractivity contribution < 1.29 is 27.4 Å². The molecule has 0 spiro atoms. The number of esters is 1. The first-order valence-electron chi connectivity index (χ1n) is 11.9. The second kappa shape index (κ2) is 11.1. The molecule has 0 aliphatic heterocycles. The van der Waals surface area contributed by atoms with Crippen LogP contribution in [0.4, 0.5) is 13.2 Å². The summed E-state index contributed by atoms with van der Waals surface area (Å²) in [6.45, 7) is 2.66. The lowest BCUT2D eigenvalue weighted by molar-refractivity contribution is -0.150. The van der Waals surface area contributed by atoms with Gasteiger partial charge in [0.15, 0.2) is 5.65 Å². The van der Waals surface area contributed by atoms with E-state index in [1.165, 1.54) is 12.1 Å². The van der Waals surface area contributed by atoms with Gasteiger partial charge in [0.1, 0.15) is 5.41 Å². The van der Waals surface area contributed by atoms with E-state index in [1.807, 2.05) is 37.3 Å². The van der Waals surface area contributed by atoms with Crippen LogP contribution in [0.15, 0.2) is 73.1 Å². The smallest absolute Gasteiger partial charge is 0.416 e. The van der Waals surface area contributed by atoms with Gasteiger partial charge in [-0.1, -0.05) is 42.5 Å². The summed E-state index contributed by atoms with van der Waals surface area (Å²) in [5.74, 6) is -0.396. The maximum absolute atomic E-state index is 13.5. The molecule has 37 heavy (non-hydrogen) atoms. The molecule has 9 heteroatoms. The third kappa shape index (κ3) is 5.83. The van der Waals surface area contributed by atoms with Gasteiger partial charge >= 0.3 is 12.1 Å². The maximum atomic E-state index is 13.5. The zero-order valence-electron chi connectivity index (χ0n) is 20.7. The van der Waals surface area contributed by atoms with E-state index in [1.54, 1.807) is 30.1 Å². The fourth-order valence-corrected chi connectivity index (χ4v) is 4.30. The molecule has 4 rings (SSSR count). The van der Waals surface area contributed by atoms with Crippen LogP contribution in [0.2, 0.25) is 0 Å². The predicted molar refractivity (Wildman–Crippen MR) is 133 cm³/mol. The standard InChI is InChI=1S/C28H28F3N3O3/c1-27(18-20-8-4-3-5-9-20,26(35)37-17-7-6-16-36-2)24-14-15-32-25-23(19-33-34(24)25)21-10-12-22(13-11-21)28(29,30)31/h3-5,8-15,19H,6-7,16-18H2,1-2H3. The van der Waals surface area contributed by atoms with Gasteiger partial charge in [-0.25, -0.2) is 9.50 Å². The summed E-state index contributed by atoms with van der Waals surface area (Å²) in [5, 5.41) is 4.48. The van der Waals surface area contributed by atoms with Crippen molar-refractivity contribution in [2.24, 2.45) is 0 Å². The number of nitrogens with zero attached hydrogens (tertiary/aromatic N) is 3. The Balaban J connectivity index is 1.72. The van der Waals surface area contributed by atoms with Crippen LogP contribution >= 0.6 is 0 Å². The quantitative estimate of drug-likeness (QED) is 0.196. The van der Waals surface area contributed by atoms with E-state index in [-0.39, 0.29) is 6.61 Å². The fourth-order valence-electron chi connectivity index (χ4n) is 4.30. The molecule has 0 aliphatic carbocycles. The first-order chi connectivity index (χ1) is 17.7. The number of methoxy groups -OCH3 is 1. The Labute approximate surface area is 213 Å². The minimum absolute atomic E-state index is 0.261. The topological polar surface area (TPSA) is 65.7 Å². The highest BCUT2D eigenvalue weighted by atomic mass is 19.4. The van der Waals surface area contributed by atoms with Crippen molar-refractivity contribution in [3.63, 3.8) is 0 Å². The fraction of sp³-hybridized carbons (Fsp3) is 0.321. The van der Waals surface area contributed by atoms with Gasteiger partial charge in [0.2, 0.25) is 0 Å². The summed E-state index contributed by atoms with van der Waals surface area (Å²) >= 11 is 0. The predicted octanol–water partition coefficient (Wildman–Crippen LogP) is 5.89. The number of aromatic nitrogens is 3. The van der Waals surface area contributed by atoms with Crippen molar-refractivity contribution in [1.29, 1.82) is 0 Å². The number of hydrogen-bond donors (Lipinski definition) is 0. The molecular formula is C28H28F3N3O3. The summed E-state index contributed by atoms with van der Waals surface area (Å²) in [6, 6.07) is 16.2. The van der Waals surface area contributed by atoms with Gasteiger partial charge in [-0.05, 0) is 55.5 Å². The molecule has 0 saturated carbocycles. The van der Waals surface area contributed by atoms with Crippen LogP contribution in [0.1, 0.15) is 36.6 Å². The summed E-state index contributed by atoms with van der Waals surface area (Å²) in [6.07, 6.45) is 0.511. The molecule has 0 amide bonds. The van der Waals surface area contributed by atoms with Gasteiger partial charge in [-0.2, -0.15) is 18.3 Å². The van der Waals surface area contributed by atoms with Crippen LogP contribution in [0.25, 0.3) is 16.8 Å². The summed E-state index contributed by atoms with van der Waals surface area (Å²) in [4.78, 5) is 18.0. The number of ether oxygens (including phenoxy) is 2. The lowest BCUT2D eigenvalue weighted by Crippen LogP contribution is -2.39. The van der Waals surface area contributed by atoms with E-state index < -0.39 is 23.1 Å². The molecule has 0 N–H and O–H groups in total. The average Bonchev–Trinajstić information content (AvgIpc) is 3.33. The number of benzene rings is 2. The monoisotopic (exact) mass is 511 g/mol. The van der Waals surface area contributed by atoms with Crippen LogP contribution in [0, 0.1) is 0 Å². The van der Waals surface area contributed by atoms with Gasteiger partial charge < -0.3 is 9.47 Å². The molecule has 194 valence electrons. The summed E-state index contributed by atoms with van der Waals surface area (Å²) in [7, 11) is 1.63. The molecule has 2 aromatic heterocycles. The normalized spacial score (nSPS) is 13.4. The van der Waals surface area contributed by atoms with Crippen LogP contribution in [-0.2, 0) is 32.3 Å². The van der Waals surface area contributed by atoms with Gasteiger partial charge in [0.25, 0.3) is 0 Å². The second-order valence-electron chi connectivity index (χ2n) is 9.03. The Morgan fingerprint density at radius 2 is 1.68 bits per heavy atom. The molecule has 0 aliphatic rings. The van der Waals surface area contributed by atoms with Crippen molar-refractivity contribution in [2.45, 2.75) is 37.8 Å². The zero-order chi connectivity index (χ0) is 26.5. The molecule has 2 heterocycles. The third-order valence-electron chi connectivity index (χ3n) is 6.32. The zero-order valence-corrected chi connectivity index (χ0v) is 20.7. The highest BCUT2D eigenvalue weighted by Crippen LogP contribution is 2.34. The average molecular weight is 512 g/mol. The number of rotatable bonds is 10. The number of carbonyl (C=O) groups excluding carboxylic acids is 1. The number of hydrogen-bond acceptors (Lipinski definition) is 5. The molecule has 2 aromatic carbocycles. The molecule has 0 bridgehead atoms. The van der Waals surface area contributed by atoms with Gasteiger partial charge in [0.05, 0.1) is 24.1 Å². The molecule has 4 aromatic rings. The number of unbranched alkanes of at least 4 members (excludes halogenated alkanes) is 1. The number of halogens is 3. The van der Waals surface area contributed by atoms with E-state index >= 15 is 0 Å². The lowest BCUT2D eigenvalue weighted by Gasteiger charge is -2.28. The molecular weight excluding hydrogens is 483 g/mol. The molecule has 0 radical (unpaired) electrons. The molecule has 0 fully saturated rings. The van der Waals surface area contributed by atoms with E-state index in [2.05, 4.69) is 10.1 Å². The lowest BCUT2D eigenvalue weighted by atomic mass is 9.80. The van der Waals surface area contributed by atoms with Crippen molar-refractivity contribution in [3.05, 3.63) is 89.9 Å². The number of alkyl halides is 3. The van der Waals surface area contributed by atoms with Gasteiger partial charge in [0, 0.05) is 25.5 Å². The first-order valence-corrected chi connectivity index (χ1v) is 11.9. The molecule has 1 unspecified atom stereocenters. The van der Waals surface area contributed by atoms with E-state index in [4.69, 9.17) is 9.47 Å².